The monoisotopic (exact) mass is 272 g/mol. The van der Waals surface area contributed by atoms with Gasteiger partial charge in [0, 0.05) is 0 Å². The molecule has 0 unspecified atom stereocenters. The van der Waals surface area contributed by atoms with Crippen LogP contribution in [0.1, 0.15) is 32.6 Å². The number of hydrogen-bond donors (Lipinski definition) is 0. The van der Waals surface area contributed by atoms with Crippen molar-refractivity contribution < 1.29 is 9.13 Å². The smallest absolute Gasteiger partial charge is 0.123 e. The molecule has 0 aliphatic carbocycles. The quantitative estimate of drug-likeness (QED) is 0.609. The van der Waals surface area contributed by atoms with Crippen LogP contribution >= 0.6 is 0 Å². The third kappa shape index (κ3) is 4.37. The minimum atomic E-state index is -0.209. The number of hydrogen-bond acceptors (Lipinski definition) is 1. The van der Waals surface area contributed by atoms with Gasteiger partial charge < -0.3 is 4.74 Å². The van der Waals surface area contributed by atoms with Gasteiger partial charge >= 0.3 is 0 Å². The molecule has 0 atom stereocenters. The van der Waals surface area contributed by atoms with Gasteiger partial charge in [0.05, 0.1) is 6.61 Å². The van der Waals surface area contributed by atoms with Gasteiger partial charge in [-0.05, 0) is 41.8 Å². The van der Waals surface area contributed by atoms with Crippen LogP contribution in [0.5, 0.6) is 5.75 Å². The Bertz CT molecular complexity index is 519. The molecule has 0 radical (unpaired) electrons. The van der Waals surface area contributed by atoms with Crippen LogP contribution in [0.15, 0.2) is 48.5 Å². The van der Waals surface area contributed by atoms with Crippen molar-refractivity contribution in [2.24, 2.45) is 0 Å². The molecule has 2 aromatic rings. The third-order valence-corrected chi connectivity index (χ3v) is 3.28. The molecule has 2 aromatic carbocycles. The lowest BCUT2D eigenvalue weighted by Crippen LogP contribution is -1.96. The molecule has 20 heavy (non-hydrogen) atoms. The zero-order valence-electron chi connectivity index (χ0n) is 11.9. The van der Waals surface area contributed by atoms with E-state index in [2.05, 4.69) is 6.92 Å². The molecule has 0 N–H and O–H groups in total. The fourth-order valence-electron chi connectivity index (χ4n) is 2.13. The van der Waals surface area contributed by atoms with E-state index < -0.39 is 0 Å². The lowest BCUT2D eigenvalue weighted by atomic mass is 10.1. The normalized spacial score (nSPS) is 10.5. The summed E-state index contributed by atoms with van der Waals surface area (Å²) in [6, 6.07) is 14.5. The summed E-state index contributed by atoms with van der Waals surface area (Å²) >= 11 is 0. The van der Waals surface area contributed by atoms with Gasteiger partial charge in [-0.15, -0.1) is 0 Å². The first-order valence-electron chi connectivity index (χ1n) is 7.28. The fourth-order valence-corrected chi connectivity index (χ4v) is 2.13. The average Bonchev–Trinajstić information content (AvgIpc) is 2.48. The molecule has 0 bridgehead atoms. The first-order valence-corrected chi connectivity index (χ1v) is 7.28. The van der Waals surface area contributed by atoms with Crippen molar-refractivity contribution in [1.82, 2.24) is 0 Å². The van der Waals surface area contributed by atoms with Crippen molar-refractivity contribution in [2.45, 2.75) is 32.6 Å². The molecule has 0 aliphatic heterocycles. The van der Waals surface area contributed by atoms with Crippen LogP contribution in [0.4, 0.5) is 4.39 Å². The standard InChI is InChI=1S/C18H21FO/c1-2-3-4-5-13-20-18-11-9-15(10-12-18)16-7-6-8-17(19)14-16/h6-12,14H,2-5,13H2,1H3. The minimum absolute atomic E-state index is 0.209. The highest BCUT2D eigenvalue weighted by molar-refractivity contribution is 5.64. The first-order chi connectivity index (χ1) is 9.79. The van der Waals surface area contributed by atoms with E-state index in [9.17, 15) is 4.39 Å². The molecule has 0 heterocycles. The minimum Gasteiger partial charge on any atom is -0.494 e. The summed E-state index contributed by atoms with van der Waals surface area (Å²) in [7, 11) is 0. The number of halogens is 1. The number of unbranched alkanes of at least 4 members (excludes halogenated alkanes) is 3. The molecule has 0 saturated carbocycles. The topological polar surface area (TPSA) is 9.23 Å². The van der Waals surface area contributed by atoms with Crippen molar-refractivity contribution in [1.29, 1.82) is 0 Å². The van der Waals surface area contributed by atoms with Crippen LogP contribution in [-0.2, 0) is 0 Å². The molecular weight excluding hydrogens is 251 g/mol. The van der Waals surface area contributed by atoms with E-state index in [0.29, 0.717) is 0 Å². The zero-order chi connectivity index (χ0) is 14.2. The summed E-state index contributed by atoms with van der Waals surface area (Å²) in [4.78, 5) is 0. The second-order valence-electron chi connectivity index (χ2n) is 4.94. The second kappa shape index (κ2) is 7.68. The van der Waals surface area contributed by atoms with Crippen molar-refractivity contribution in [2.75, 3.05) is 6.61 Å². The third-order valence-electron chi connectivity index (χ3n) is 3.28. The molecule has 0 saturated heterocycles. The largest absolute Gasteiger partial charge is 0.494 e. The van der Waals surface area contributed by atoms with Gasteiger partial charge in [0.1, 0.15) is 11.6 Å². The molecule has 0 fully saturated rings. The van der Waals surface area contributed by atoms with Crippen LogP contribution < -0.4 is 4.74 Å². The fraction of sp³-hybridized carbons (Fsp3) is 0.333. The Morgan fingerprint density at radius 2 is 1.70 bits per heavy atom. The van der Waals surface area contributed by atoms with Crippen LogP contribution in [0.25, 0.3) is 11.1 Å². The van der Waals surface area contributed by atoms with Gasteiger partial charge in [-0.1, -0.05) is 50.5 Å². The predicted octanol–water partition coefficient (Wildman–Crippen LogP) is 5.45. The molecule has 2 heteroatoms. The lowest BCUT2D eigenvalue weighted by molar-refractivity contribution is 0.305. The Morgan fingerprint density at radius 1 is 0.900 bits per heavy atom. The van der Waals surface area contributed by atoms with Gasteiger partial charge in [0.15, 0.2) is 0 Å². The van der Waals surface area contributed by atoms with Gasteiger partial charge in [0.2, 0.25) is 0 Å². The summed E-state index contributed by atoms with van der Waals surface area (Å²) in [5.74, 6) is 0.667. The summed E-state index contributed by atoms with van der Waals surface area (Å²) < 4.78 is 18.9. The van der Waals surface area contributed by atoms with Gasteiger partial charge in [-0.25, -0.2) is 4.39 Å². The Kier molecular flexibility index (Phi) is 5.60. The molecule has 2 rings (SSSR count). The van der Waals surface area contributed by atoms with Crippen molar-refractivity contribution >= 4 is 0 Å². The van der Waals surface area contributed by atoms with Crippen molar-refractivity contribution in [3.05, 3.63) is 54.3 Å². The maximum Gasteiger partial charge on any atom is 0.123 e. The van der Waals surface area contributed by atoms with Gasteiger partial charge in [-0.2, -0.15) is 0 Å². The Labute approximate surface area is 120 Å². The molecular formula is C18H21FO. The van der Waals surface area contributed by atoms with Gasteiger partial charge in [0.25, 0.3) is 0 Å². The van der Waals surface area contributed by atoms with Crippen LogP contribution in [0.3, 0.4) is 0 Å². The SMILES string of the molecule is CCCCCCOc1ccc(-c2cccc(F)c2)cc1. The van der Waals surface area contributed by atoms with Crippen LogP contribution in [0.2, 0.25) is 0 Å². The van der Waals surface area contributed by atoms with E-state index in [1.54, 1.807) is 12.1 Å². The lowest BCUT2D eigenvalue weighted by Gasteiger charge is -2.07. The Morgan fingerprint density at radius 3 is 2.40 bits per heavy atom. The number of ether oxygens (including phenoxy) is 1. The molecule has 1 nitrogen and oxygen atoms in total. The Hall–Kier alpha value is -1.83. The maximum atomic E-state index is 13.2. The van der Waals surface area contributed by atoms with Crippen LogP contribution in [-0.4, -0.2) is 6.61 Å². The van der Waals surface area contributed by atoms with E-state index in [1.807, 2.05) is 30.3 Å². The summed E-state index contributed by atoms with van der Waals surface area (Å²) in [6.07, 6.45) is 4.82. The highest BCUT2D eigenvalue weighted by atomic mass is 19.1. The summed E-state index contributed by atoms with van der Waals surface area (Å²) in [6.45, 7) is 2.96. The molecule has 0 aliphatic rings. The Balaban J connectivity index is 1.90. The highest BCUT2D eigenvalue weighted by Crippen LogP contribution is 2.23. The summed E-state index contributed by atoms with van der Waals surface area (Å²) in [5.41, 5.74) is 1.89. The van der Waals surface area contributed by atoms with E-state index in [1.165, 1.54) is 25.3 Å². The van der Waals surface area contributed by atoms with E-state index >= 15 is 0 Å². The number of rotatable bonds is 7. The highest BCUT2D eigenvalue weighted by Gasteiger charge is 2.00. The van der Waals surface area contributed by atoms with E-state index in [-0.39, 0.29) is 5.82 Å². The molecule has 0 amide bonds. The van der Waals surface area contributed by atoms with Crippen molar-refractivity contribution in [3.63, 3.8) is 0 Å². The van der Waals surface area contributed by atoms with Crippen molar-refractivity contribution in [3.8, 4) is 16.9 Å². The second-order valence-corrected chi connectivity index (χ2v) is 4.94. The molecule has 0 aromatic heterocycles. The van der Waals surface area contributed by atoms with Gasteiger partial charge in [-0.3, -0.25) is 0 Å². The van der Waals surface area contributed by atoms with E-state index in [0.717, 1.165) is 29.9 Å². The predicted molar refractivity (Wildman–Crippen MR) is 81.5 cm³/mol. The van der Waals surface area contributed by atoms with Crippen LogP contribution in [0, 0.1) is 5.82 Å². The average molecular weight is 272 g/mol. The van der Waals surface area contributed by atoms with E-state index in [4.69, 9.17) is 4.74 Å². The zero-order valence-corrected chi connectivity index (χ0v) is 11.9. The molecule has 106 valence electrons. The molecule has 0 spiro atoms. The summed E-state index contributed by atoms with van der Waals surface area (Å²) in [5, 5.41) is 0. The first kappa shape index (κ1) is 14.6. The maximum absolute atomic E-state index is 13.2. The number of benzene rings is 2.